The summed E-state index contributed by atoms with van der Waals surface area (Å²) in [5.74, 6) is 2.82. The fraction of sp³-hybridized carbons (Fsp3) is 0.400. The highest BCUT2D eigenvalue weighted by Gasteiger charge is 2.12. The van der Waals surface area contributed by atoms with Gasteiger partial charge in [0, 0.05) is 18.0 Å². The molecule has 0 amide bonds. The highest BCUT2D eigenvalue weighted by molar-refractivity contribution is 5.18. The Labute approximate surface area is 77.9 Å². The van der Waals surface area contributed by atoms with Crippen LogP contribution in [0.15, 0.2) is 12.4 Å². The summed E-state index contributed by atoms with van der Waals surface area (Å²) in [6.07, 6.45) is 7.70. The van der Waals surface area contributed by atoms with E-state index in [1.807, 2.05) is 13.8 Å². The van der Waals surface area contributed by atoms with Crippen molar-refractivity contribution in [1.82, 2.24) is 9.97 Å². The average molecular weight is 176 g/mol. The van der Waals surface area contributed by atoms with E-state index in [2.05, 4.69) is 15.9 Å². The smallest absolute Gasteiger partial charge is 0.204 e. The third-order valence-corrected chi connectivity index (χ3v) is 1.77. The van der Waals surface area contributed by atoms with Gasteiger partial charge < -0.3 is 5.11 Å². The number of aromatic nitrogens is 2. The van der Waals surface area contributed by atoms with Gasteiger partial charge in [-0.2, -0.15) is 0 Å². The van der Waals surface area contributed by atoms with Crippen molar-refractivity contribution in [3.05, 3.63) is 23.8 Å². The summed E-state index contributed by atoms with van der Waals surface area (Å²) in [6, 6.07) is 0. The maximum Gasteiger partial charge on any atom is 0.204 e. The average Bonchev–Trinajstić information content (AvgIpc) is 2.17. The van der Waals surface area contributed by atoms with Crippen LogP contribution in [0.3, 0.4) is 0 Å². The third-order valence-electron chi connectivity index (χ3n) is 1.77. The van der Waals surface area contributed by atoms with Gasteiger partial charge >= 0.3 is 0 Å². The summed E-state index contributed by atoms with van der Waals surface area (Å²) in [5, 5.41) is 9.63. The van der Waals surface area contributed by atoms with Crippen molar-refractivity contribution in [1.29, 1.82) is 0 Å². The van der Waals surface area contributed by atoms with Crippen LogP contribution >= 0.6 is 0 Å². The predicted molar refractivity (Wildman–Crippen MR) is 49.8 cm³/mol. The van der Waals surface area contributed by atoms with E-state index in [4.69, 9.17) is 6.42 Å². The molecule has 3 heteroatoms. The van der Waals surface area contributed by atoms with Crippen LogP contribution in [0.25, 0.3) is 0 Å². The van der Waals surface area contributed by atoms with Crippen molar-refractivity contribution < 1.29 is 5.11 Å². The SMILES string of the molecule is C#Cc1ncc(C(O)C(C)C)cn1. The van der Waals surface area contributed by atoms with Crippen LogP contribution in [0.1, 0.15) is 31.3 Å². The number of nitrogens with zero attached hydrogens (tertiary/aromatic N) is 2. The van der Waals surface area contributed by atoms with Crippen LogP contribution < -0.4 is 0 Å². The summed E-state index contributed by atoms with van der Waals surface area (Å²) in [6.45, 7) is 3.86. The lowest BCUT2D eigenvalue weighted by atomic mass is 10.0. The maximum absolute atomic E-state index is 9.63. The normalized spacial score (nSPS) is 12.5. The van der Waals surface area contributed by atoms with E-state index in [1.54, 1.807) is 12.4 Å². The molecule has 0 spiro atoms. The lowest BCUT2D eigenvalue weighted by Gasteiger charge is -2.13. The molecule has 68 valence electrons. The van der Waals surface area contributed by atoms with Crippen molar-refractivity contribution in [2.24, 2.45) is 5.92 Å². The molecule has 0 aromatic carbocycles. The third kappa shape index (κ3) is 2.27. The predicted octanol–water partition coefficient (Wildman–Crippen LogP) is 1.15. The first-order valence-corrected chi connectivity index (χ1v) is 4.11. The molecule has 13 heavy (non-hydrogen) atoms. The van der Waals surface area contributed by atoms with E-state index < -0.39 is 6.10 Å². The van der Waals surface area contributed by atoms with Crippen molar-refractivity contribution >= 4 is 0 Å². The molecule has 0 aliphatic carbocycles. The van der Waals surface area contributed by atoms with Gasteiger partial charge in [0.05, 0.1) is 6.10 Å². The first-order valence-electron chi connectivity index (χ1n) is 4.11. The van der Waals surface area contributed by atoms with Crippen molar-refractivity contribution in [3.8, 4) is 12.3 Å². The maximum atomic E-state index is 9.63. The molecule has 1 heterocycles. The largest absolute Gasteiger partial charge is 0.388 e. The van der Waals surface area contributed by atoms with Crippen LogP contribution in [0.5, 0.6) is 0 Å². The van der Waals surface area contributed by atoms with E-state index >= 15 is 0 Å². The van der Waals surface area contributed by atoms with Crippen molar-refractivity contribution in [3.63, 3.8) is 0 Å². The molecule has 1 unspecified atom stereocenters. The molecule has 0 aliphatic rings. The van der Waals surface area contributed by atoms with Gasteiger partial charge in [0.1, 0.15) is 0 Å². The summed E-state index contributed by atoms with van der Waals surface area (Å²) >= 11 is 0. The number of terminal acetylenes is 1. The van der Waals surface area contributed by atoms with E-state index in [1.165, 1.54) is 0 Å². The summed E-state index contributed by atoms with van der Waals surface area (Å²) < 4.78 is 0. The molecule has 0 fully saturated rings. The van der Waals surface area contributed by atoms with Crippen LogP contribution in [0, 0.1) is 18.3 Å². The molecule has 1 N–H and O–H groups in total. The minimum atomic E-state index is -0.521. The molecule has 0 radical (unpaired) electrons. The highest BCUT2D eigenvalue weighted by atomic mass is 16.3. The molecular weight excluding hydrogens is 164 g/mol. The summed E-state index contributed by atoms with van der Waals surface area (Å²) in [5.41, 5.74) is 0.703. The van der Waals surface area contributed by atoms with E-state index in [-0.39, 0.29) is 5.92 Å². The Morgan fingerprint density at radius 2 is 1.92 bits per heavy atom. The lowest BCUT2D eigenvalue weighted by Crippen LogP contribution is -2.06. The van der Waals surface area contributed by atoms with Crippen molar-refractivity contribution in [2.45, 2.75) is 20.0 Å². The van der Waals surface area contributed by atoms with Gasteiger partial charge in [0.25, 0.3) is 0 Å². The zero-order chi connectivity index (χ0) is 9.84. The first-order chi connectivity index (χ1) is 6.15. The monoisotopic (exact) mass is 176 g/mol. The Hall–Kier alpha value is -1.40. The molecule has 1 atom stereocenters. The fourth-order valence-electron chi connectivity index (χ4n) is 0.950. The number of aliphatic hydroxyl groups excluding tert-OH is 1. The number of hydrogen-bond acceptors (Lipinski definition) is 3. The molecule has 0 bridgehead atoms. The number of aliphatic hydroxyl groups is 1. The van der Waals surface area contributed by atoms with Gasteiger partial charge in [-0.15, -0.1) is 6.42 Å². The van der Waals surface area contributed by atoms with E-state index in [9.17, 15) is 5.11 Å². The van der Waals surface area contributed by atoms with Gasteiger partial charge in [-0.1, -0.05) is 13.8 Å². The molecule has 1 rings (SSSR count). The Kier molecular flexibility index (Phi) is 2.99. The second-order valence-electron chi connectivity index (χ2n) is 3.17. The lowest BCUT2D eigenvalue weighted by molar-refractivity contribution is 0.126. The highest BCUT2D eigenvalue weighted by Crippen LogP contribution is 2.19. The molecule has 3 nitrogen and oxygen atoms in total. The standard InChI is InChI=1S/C10H12N2O/c1-4-9-11-5-8(6-12-9)10(13)7(2)3/h1,5-7,10,13H,2-3H3. The van der Waals surface area contributed by atoms with Gasteiger partial charge in [0.15, 0.2) is 0 Å². The van der Waals surface area contributed by atoms with Crippen molar-refractivity contribution in [2.75, 3.05) is 0 Å². The molecule has 0 saturated heterocycles. The first kappa shape index (κ1) is 9.69. The second kappa shape index (κ2) is 4.01. The Morgan fingerprint density at radius 1 is 1.38 bits per heavy atom. The summed E-state index contributed by atoms with van der Waals surface area (Å²) in [4.78, 5) is 7.79. The quantitative estimate of drug-likeness (QED) is 0.687. The van der Waals surface area contributed by atoms with Crippen LogP contribution in [-0.4, -0.2) is 15.1 Å². The fourth-order valence-corrected chi connectivity index (χ4v) is 0.950. The zero-order valence-electron chi connectivity index (χ0n) is 7.73. The van der Waals surface area contributed by atoms with E-state index in [0.717, 1.165) is 0 Å². The minimum absolute atomic E-state index is 0.153. The second-order valence-corrected chi connectivity index (χ2v) is 3.17. The van der Waals surface area contributed by atoms with Crippen LogP contribution in [0.4, 0.5) is 0 Å². The Morgan fingerprint density at radius 3 is 2.31 bits per heavy atom. The van der Waals surface area contributed by atoms with Crippen LogP contribution in [0.2, 0.25) is 0 Å². The Balaban J connectivity index is 2.87. The number of rotatable bonds is 2. The Bertz CT molecular complexity index is 311. The molecule has 0 saturated carbocycles. The van der Waals surface area contributed by atoms with Gasteiger partial charge in [-0.3, -0.25) is 0 Å². The molecule has 1 aromatic rings. The van der Waals surface area contributed by atoms with Crippen LogP contribution in [-0.2, 0) is 0 Å². The molecule has 1 aromatic heterocycles. The van der Waals surface area contributed by atoms with Gasteiger partial charge in [-0.05, 0) is 11.8 Å². The topological polar surface area (TPSA) is 46.0 Å². The molecular formula is C10H12N2O. The van der Waals surface area contributed by atoms with Gasteiger partial charge in [0.2, 0.25) is 5.82 Å². The summed E-state index contributed by atoms with van der Waals surface area (Å²) in [7, 11) is 0. The van der Waals surface area contributed by atoms with Gasteiger partial charge in [-0.25, -0.2) is 9.97 Å². The minimum Gasteiger partial charge on any atom is -0.388 e. The zero-order valence-corrected chi connectivity index (χ0v) is 7.73. The number of hydrogen-bond donors (Lipinski definition) is 1. The van der Waals surface area contributed by atoms with E-state index in [0.29, 0.717) is 11.4 Å². The molecule has 0 aliphatic heterocycles.